The summed E-state index contributed by atoms with van der Waals surface area (Å²) < 4.78 is 5.49. The minimum absolute atomic E-state index is 0.232. The van der Waals surface area contributed by atoms with E-state index in [1.165, 1.54) is 83.5 Å². The lowest BCUT2D eigenvalue weighted by Gasteiger charge is -2.05. The van der Waals surface area contributed by atoms with Crippen LogP contribution in [0.5, 0.6) is 0 Å². The second-order valence-electron chi connectivity index (χ2n) is 7.19. The van der Waals surface area contributed by atoms with Crippen LogP contribution in [0.15, 0.2) is 12.2 Å². The molecule has 2 heteroatoms. The van der Waals surface area contributed by atoms with Crippen LogP contribution in [0.2, 0.25) is 0 Å². The number of allylic oxidation sites excluding steroid dienone is 2. The van der Waals surface area contributed by atoms with E-state index in [2.05, 4.69) is 19.1 Å². The largest absolute Gasteiger partial charge is 0.393 e. The van der Waals surface area contributed by atoms with Gasteiger partial charge in [-0.15, -0.1) is 0 Å². The molecule has 0 heterocycles. The normalized spacial score (nSPS) is 13.0. The third-order valence-corrected chi connectivity index (χ3v) is 4.48. The van der Waals surface area contributed by atoms with E-state index in [0.717, 1.165) is 19.4 Å². The van der Waals surface area contributed by atoms with Crippen molar-refractivity contribution in [2.45, 2.75) is 116 Å². The van der Waals surface area contributed by atoms with E-state index < -0.39 is 0 Å². The lowest BCUT2D eigenvalue weighted by molar-refractivity contribution is 0.0870. The summed E-state index contributed by atoms with van der Waals surface area (Å²) in [6.45, 7) is 5.64. The topological polar surface area (TPSA) is 29.5 Å². The second-order valence-corrected chi connectivity index (χ2v) is 7.19. The van der Waals surface area contributed by atoms with Crippen molar-refractivity contribution >= 4 is 0 Å². The Bertz CT molecular complexity index is 248. The van der Waals surface area contributed by atoms with Gasteiger partial charge >= 0.3 is 0 Å². The van der Waals surface area contributed by atoms with Crippen molar-refractivity contribution in [3.63, 3.8) is 0 Å². The highest BCUT2D eigenvalue weighted by molar-refractivity contribution is 4.81. The van der Waals surface area contributed by atoms with E-state index in [1.54, 1.807) is 0 Å². The summed E-state index contributed by atoms with van der Waals surface area (Å²) in [7, 11) is 0. The SMILES string of the molecule is CCCCCCCC/C=C\CCCCCCCCOCCC(C)O. The Kier molecular flexibility index (Phi) is 20.4. The molecule has 0 radical (unpaired) electrons. The van der Waals surface area contributed by atoms with Crippen LogP contribution in [0.3, 0.4) is 0 Å². The van der Waals surface area contributed by atoms with Gasteiger partial charge in [-0.2, -0.15) is 0 Å². The Morgan fingerprint density at radius 2 is 1.21 bits per heavy atom. The van der Waals surface area contributed by atoms with Gasteiger partial charge in [-0.25, -0.2) is 0 Å². The first kappa shape index (κ1) is 23.7. The monoisotopic (exact) mass is 340 g/mol. The predicted molar refractivity (Wildman–Crippen MR) is 107 cm³/mol. The molecule has 1 unspecified atom stereocenters. The van der Waals surface area contributed by atoms with Crippen LogP contribution in [-0.4, -0.2) is 24.4 Å². The summed E-state index contributed by atoms with van der Waals surface area (Å²) >= 11 is 0. The quantitative estimate of drug-likeness (QED) is 0.207. The first-order valence-electron chi connectivity index (χ1n) is 10.7. The van der Waals surface area contributed by atoms with Crippen LogP contribution < -0.4 is 0 Å². The van der Waals surface area contributed by atoms with Gasteiger partial charge in [-0.1, -0.05) is 76.9 Å². The van der Waals surface area contributed by atoms with Gasteiger partial charge in [0.2, 0.25) is 0 Å². The molecule has 0 fully saturated rings. The molecule has 0 saturated heterocycles. The highest BCUT2D eigenvalue weighted by Gasteiger charge is 1.95. The standard InChI is InChI=1S/C22H44O2/c1-3-4-5-6-7-8-9-10-11-12-13-14-15-16-17-18-20-24-21-19-22(2)23/h10-11,22-23H,3-9,12-21H2,1-2H3/b11-10-. The highest BCUT2D eigenvalue weighted by Crippen LogP contribution is 2.10. The van der Waals surface area contributed by atoms with E-state index in [1.807, 2.05) is 6.92 Å². The molecule has 0 aliphatic heterocycles. The molecule has 0 aromatic carbocycles. The van der Waals surface area contributed by atoms with Gasteiger partial charge in [0, 0.05) is 13.2 Å². The summed E-state index contributed by atoms with van der Waals surface area (Å²) in [5.41, 5.74) is 0. The molecule has 1 atom stereocenters. The fraction of sp³-hybridized carbons (Fsp3) is 0.909. The van der Waals surface area contributed by atoms with Crippen LogP contribution >= 0.6 is 0 Å². The molecular formula is C22H44O2. The van der Waals surface area contributed by atoms with Crippen LogP contribution in [-0.2, 0) is 4.74 Å². The van der Waals surface area contributed by atoms with Crippen molar-refractivity contribution in [3.05, 3.63) is 12.2 Å². The lowest BCUT2D eigenvalue weighted by Crippen LogP contribution is -2.06. The third kappa shape index (κ3) is 21.7. The molecule has 0 aliphatic carbocycles. The zero-order valence-corrected chi connectivity index (χ0v) is 16.6. The number of rotatable bonds is 19. The second kappa shape index (κ2) is 20.7. The van der Waals surface area contributed by atoms with E-state index in [0.29, 0.717) is 6.61 Å². The summed E-state index contributed by atoms with van der Waals surface area (Å²) in [5, 5.41) is 9.11. The van der Waals surface area contributed by atoms with Crippen molar-refractivity contribution in [1.82, 2.24) is 0 Å². The zero-order chi connectivity index (χ0) is 17.7. The molecule has 0 amide bonds. The van der Waals surface area contributed by atoms with E-state index >= 15 is 0 Å². The maximum Gasteiger partial charge on any atom is 0.0534 e. The maximum absolute atomic E-state index is 9.11. The summed E-state index contributed by atoms with van der Waals surface area (Å²) in [4.78, 5) is 0. The van der Waals surface area contributed by atoms with Crippen LogP contribution in [0.25, 0.3) is 0 Å². The minimum atomic E-state index is -0.232. The van der Waals surface area contributed by atoms with Gasteiger partial charge in [0.1, 0.15) is 0 Å². The number of aliphatic hydroxyl groups is 1. The molecule has 1 N–H and O–H groups in total. The molecule has 2 nitrogen and oxygen atoms in total. The summed E-state index contributed by atoms with van der Waals surface area (Å²) in [5.74, 6) is 0. The molecule has 0 aliphatic rings. The van der Waals surface area contributed by atoms with Gasteiger partial charge in [0.05, 0.1) is 6.10 Å². The van der Waals surface area contributed by atoms with Gasteiger partial charge < -0.3 is 9.84 Å². The molecule has 24 heavy (non-hydrogen) atoms. The third-order valence-electron chi connectivity index (χ3n) is 4.48. The minimum Gasteiger partial charge on any atom is -0.393 e. The van der Waals surface area contributed by atoms with Gasteiger partial charge in [-0.3, -0.25) is 0 Å². The van der Waals surface area contributed by atoms with Crippen molar-refractivity contribution in [2.75, 3.05) is 13.2 Å². The van der Waals surface area contributed by atoms with Gasteiger partial charge in [0.25, 0.3) is 0 Å². The number of ether oxygens (including phenoxy) is 1. The fourth-order valence-electron chi connectivity index (χ4n) is 2.81. The zero-order valence-electron chi connectivity index (χ0n) is 16.6. The number of hydrogen-bond acceptors (Lipinski definition) is 2. The average molecular weight is 341 g/mol. The first-order valence-corrected chi connectivity index (χ1v) is 10.7. The van der Waals surface area contributed by atoms with E-state index in [9.17, 15) is 0 Å². The van der Waals surface area contributed by atoms with E-state index in [-0.39, 0.29) is 6.10 Å². The van der Waals surface area contributed by atoms with Crippen molar-refractivity contribution in [3.8, 4) is 0 Å². The molecule has 0 bridgehead atoms. The Hall–Kier alpha value is -0.340. The Morgan fingerprint density at radius 1 is 0.708 bits per heavy atom. The average Bonchev–Trinajstić information content (AvgIpc) is 2.56. The molecule has 0 saturated carbocycles. The molecule has 0 aromatic rings. The van der Waals surface area contributed by atoms with Crippen LogP contribution in [0.4, 0.5) is 0 Å². The van der Waals surface area contributed by atoms with Crippen molar-refractivity contribution < 1.29 is 9.84 Å². The summed E-state index contributed by atoms with van der Waals surface area (Å²) in [6.07, 6.45) is 24.1. The Morgan fingerprint density at radius 3 is 1.75 bits per heavy atom. The number of aliphatic hydroxyl groups excluding tert-OH is 1. The van der Waals surface area contributed by atoms with E-state index in [4.69, 9.17) is 9.84 Å². The van der Waals surface area contributed by atoms with Gasteiger partial charge in [-0.05, 0) is 45.4 Å². The molecule has 144 valence electrons. The Balaban J connectivity index is 3.05. The number of hydrogen-bond donors (Lipinski definition) is 1. The molecule has 0 spiro atoms. The van der Waals surface area contributed by atoms with Crippen LogP contribution in [0.1, 0.15) is 110 Å². The number of unbranched alkanes of at least 4 members (excludes halogenated alkanes) is 12. The Labute approximate surface area is 152 Å². The van der Waals surface area contributed by atoms with Crippen molar-refractivity contribution in [1.29, 1.82) is 0 Å². The molecule has 0 rings (SSSR count). The summed E-state index contributed by atoms with van der Waals surface area (Å²) in [6, 6.07) is 0. The van der Waals surface area contributed by atoms with Gasteiger partial charge in [0.15, 0.2) is 0 Å². The fourth-order valence-corrected chi connectivity index (χ4v) is 2.81. The smallest absolute Gasteiger partial charge is 0.0534 e. The molecular weight excluding hydrogens is 296 g/mol. The maximum atomic E-state index is 9.11. The lowest BCUT2D eigenvalue weighted by atomic mass is 10.1. The molecule has 0 aromatic heterocycles. The first-order chi connectivity index (χ1) is 11.8. The highest BCUT2D eigenvalue weighted by atomic mass is 16.5. The van der Waals surface area contributed by atoms with Crippen molar-refractivity contribution in [2.24, 2.45) is 0 Å². The predicted octanol–water partition coefficient (Wildman–Crippen LogP) is 6.81. The van der Waals surface area contributed by atoms with Crippen LogP contribution in [0, 0.1) is 0 Å².